The second-order valence-corrected chi connectivity index (χ2v) is 1.58. The van der Waals surface area contributed by atoms with E-state index in [1.54, 1.807) is 12.4 Å². The van der Waals surface area contributed by atoms with E-state index in [1.807, 2.05) is 6.92 Å². The summed E-state index contributed by atoms with van der Waals surface area (Å²) in [7, 11) is 0. The molecule has 1 rings (SSSR count). The molecular weight excluding hydrogens is 102 g/mol. The highest BCUT2D eigenvalue weighted by Crippen LogP contribution is 1.89. The van der Waals surface area contributed by atoms with Crippen LogP contribution in [0, 0.1) is 0 Å². The second-order valence-electron chi connectivity index (χ2n) is 1.58. The number of rotatable bonds is 0. The Balaban J connectivity index is 2.69. The Labute approximate surface area is 47.8 Å². The number of aliphatic imine (C=N–C) groups is 1. The first-order valence-corrected chi connectivity index (χ1v) is 2.44. The molecule has 3 nitrogen and oxygen atoms in total. The average molecular weight is 109 g/mol. The zero-order valence-electron chi connectivity index (χ0n) is 4.70. The Kier molecular flexibility index (Phi) is 1.51. The summed E-state index contributed by atoms with van der Waals surface area (Å²) in [6, 6.07) is 0. The lowest BCUT2D eigenvalue weighted by Crippen LogP contribution is -1.92. The van der Waals surface area contributed by atoms with Gasteiger partial charge in [-0.15, -0.1) is 0 Å². The highest BCUT2D eigenvalue weighted by molar-refractivity contribution is 5.84. The quantitative estimate of drug-likeness (QED) is 0.450. The largest absolute Gasteiger partial charge is 0.262 e. The molecule has 8 heavy (non-hydrogen) atoms. The average Bonchev–Trinajstić information content (AvgIpc) is 1.94. The SMILES string of the molecule is CC1=NC=CN=NC1. The third-order valence-corrected chi connectivity index (χ3v) is 0.809. The van der Waals surface area contributed by atoms with Gasteiger partial charge in [0.15, 0.2) is 0 Å². The van der Waals surface area contributed by atoms with E-state index in [1.165, 1.54) is 0 Å². The molecule has 42 valence electrons. The topological polar surface area (TPSA) is 37.1 Å². The molecule has 0 saturated heterocycles. The van der Waals surface area contributed by atoms with Crippen molar-refractivity contribution in [2.75, 3.05) is 6.54 Å². The number of azo groups is 1. The van der Waals surface area contributed by atoms with Crippen LogP contribution in [0.4, 0.5) is 0 Å². The van der Waals surface area contributed by atoms with Crippen molar-refractivity contribution in [3.05, 3.63) is 12.4 Å². The third-order valence-electron chi connectivity index (χ3n) is 0.809. The summed E-state index contributed by atoms with van der Waals surface area (Å²) >= 11 is 0. The fourth-order valence-corrected chi connectivity index (χ4v) is 0.422. The van der Waals surface area contributed by atoms with Crippen molar-refractivity contribution in [2.24, 2.45) is 15.2 Å². The highest BCUT2D eigenvalue weighted by Gasteiger charge is 1.86. The zero-order valence-corrected chi connectivity index (χ0v) is 4.70. The van der Waals surface area contributed by atoms with Gasteiger partial charge in [-0.3, -0.25) is 4.99 Å². The first-order chi connectivity index (χ1) is 3.89. The highest BCUT2D eigenvalue weighted by atomic mass is 15.1. The van der Waals surface area contributed by atoms with Gasteiger partial charge in [-0.2, -0.15) is 10.2 Å². The van der Waals surface area contributed by atoms with E-state index >= 15 is 0 Å². The van der Waals surface area contributed by atoms with E-state index in [0.717, 1.165) is 5.71 Å². The summed E-state index contributed by atoms with van der Waals surface area (Å²) in [5, 5.41) is 7.41. The molecule has 0 aliphatic carbocycles. The smallest absolute Gasteiger partial charge is 0.0982 e. The first-order valence-electron chi connectivity index (χ1n) is 2.44. The molecule has 0 unspecified atom stereocenters. The predicted octanol–water partition coefficient (Wildman–Crippen LogP) is 1.38. The van der Waals surface area contributed by atoms with Crippen LogP contribution in [0.2, 0.25) is 0 Å². The zero-order chi connectivity index (χ0) is 5.82. The van der Waals surface area contributed by atoms with Crippen molar-refractivity contribution in [2.45, 2.75) is 6.92 Å². The van der Waals surface area contributed by atoms with Gasteiger partial charge in [-0.1, -0.05) is 0 Å². The molecule has 0 bridgehead atoms. The predicted molar refractivity (Wildman–Crippen MR) is 32.0 cm³/mol. The molecule has 0 aromatic heterocycles. The van der Waals surface area contributed by atoms with Crippen molar-refractivity contribution < 1.29 is 0 Å². The summed E-state index contributed by atoms with van der Waals surface area (Å²) in [5.74, 6) is 0. The molecule has 1 aliphatic heterocycles. The molecule has 0 fully saturated rings. The van der Waals surface area contributed by atoms with Crippen LogP contribution in [0.3, 0.4) is 0 Å². The summed E-state index contributed by atoms with van der Waals surface area (Å²) in [6.07, 6.45) is 3.22. The number of hydrogen-bond acceptors (Lipinski definition) is 3. The minimum absolute atomic E-state index is 0.632. The standard InChI is InChI=1S/C5H7N3/c1-5-4-8-7-3-2-6-5/h2-3H,4H2,1H3. The Hall–Kier alpha value is -0.990. The van der Waals surface area contributed by atoms with Gasteiger partial charge in [-0.25, -0.2) is 0 Å². The van der Waals surface area contributed by atoms with Crippen LogP contribution in [0.1, 0.15) is 6.92 Å². The van der Waals surface area contributed by atoms with E-state index in [9.17, 15) is 0 Å². The molecule has 0 radical (unpaired) electrons. The Bertz CT molecular complexity index is 155. The summed E-state index contributed by atoms with van der Waals surface area (Å²) in [5.41, 5.74) is 1.00. The molecule has 0 atom stereocenters. The van der Waals surface area contributed by atoms with Crippen LogP contribution >= 0.6 is 0 Å². The van der Waals surface area contributed by atoms with Gasteiger partial charge in [0.1, 0.15) is 0 Å². The third kappa shape index (κ3) is 1.26. The second kappa shape index (κ2) is 2.35. The maximum atomic E-state index is 3.97. The van der Waals surface area contributed by atoms with Crippen molar-refractivity contribution in [1.29, 1.82) is 0 Å². The van der Waals surface area contributed by atoms with Gasteiger partial charge in [0.25, 0.3) is 0 Å². The minimum Gasteiger partial charge on any atom is -0.262 e. The Morgan fingerprint density at radius 2 is 2.38 bits per heavy atom. The molecule has 0 spiro atoms. The van der Waals surface area contributed by atoms with Crippen LogP contribution in [0.15, 0.2) is 27.6 Å². The van der Waals surface area contributed by atoms with Gasteiger partial charge < -0.3 is 0 Å². The van der Waals surface area contributed by atoms with Gasteiger partial charge in [0.05, 0.1) is 12.7 Å². The van der Waals surface area contributed by atoms with Gasteiger partial charge in [0, 0.05) is 11.9 Å². The van der Waals surface area contributed by atoms with Crippen LogP contribution < -0.4 is 0 Å². The number of hydrogen-bond donors (Lipinski definition) is 0. The summed E-state index contributed by atoms with van der Waals surface area (Å²) in [4.78, 5) is 3.97. The monoisotopic (exact) mass is 109 g/mol. The van der Waals surface area contributed by atoms with E-state index < -0.39 is 0 Å². The molecule has 0 aromatic carbocycles. The minimum atomic E-state index is 0.632. The maximum absolute atomic E-state index is 3.97. The Morgan fingerprint density at radius 1 is 1.50 bits per heavy atom. The Morgan fingerprint density at radius 3 is 3.25 bits per heavy atom. The molecule has 1 heterocycles. The lowest BCUT2D eigenvalue weighted by molar-refractivity contribution is 1.10. The summed E-state index contributed by atoms with van der Waals surface area (Å²) in [6.45, 7) is 2.56. The van der Waals surface area contributed by atoms with Crippen molar-refractivity contribution in [3.8, 4) is 0 Å². The number of nitrogens with zero attached hydrogens (tertiary/aromatic N) is 3. The fraction of sp³-hybridized carbons (Fsp3) is 0.400. The molecule has 0 amide bonds. The van der Waals surface area contributed by atoms with Crippen LogP contribution in [-0.4, -0.2) is 12.3 Å². The van der Waals surface area contributed by atoms with Gasteiger partial charge in [-0.05, 0) is 6.92 Å². The van der Waals surface area contributed by atoms with Crippen molar-refractivity contribution in [1.82, 2.24) is 0 Å². The van der Waals surface area contributed by atoms with E-state index in [4.69, 9.17) is 0 Å². The lowest BCUT2D eigenvalue weighted by Gasteiger charge is -1.83. The summed E-state index contributed by atoms with van der Waals surface area (Å²) < 4.78 is 0. The van der Waals surface area contributed by atoms with Crippen LogP contribution in [-0.2, 0) is 0 Å². The van der Waals surface area contributed by atoms with E-state index in [2.05, 4.69) is 15.2 Å². The van der Waals surface area contributed by atoms with Crippen LogP contribution in [0.5, 0.6) is 0 Å². The normalized spacial score (nSPS) is 17.9. The first kappa shape index (κ1) is 5.15. The molecule has 0 saturated carbocycles. The van der Waals surface area contributed by atoms with Crippen LogP contribution in [0.25, 0.3) is 0 Å². The molecule has 0 N–H and O–H groups in total. The molecular formula is C5H7N3. The van der Waals surface area contributed by atoms with Crippen molar-refractivity contribution in [3.63, 3.8) is 0 Å². The van der Waals surface area contributed by atoms with E-state index in [-0.39, 0.29) is 0 Å². The fourth-order valence-electron chi connectivity index (χ4n) is 0.422. The molecule has 0 aromatic rings. The van der Waals surface area contributed by atoms with E-state index in [0.29, 0.717) is 6.54 Å². The molecule has 3 heteroatoms. The van der Waals surface area contributed by atoms with Gasteiger partial charge in [0.2, 0.25) is 0 Å². The van der Waals surface area contributed by atoms with Crippen molar-refractivity contribution >= 4 is 5.71 Å². The maximum Gasteiger partial charge on any atom is 0.0982 e. The van der Waals surface area contributed by atoms with Gasteiger partial charge >= 0.3 is 0 Å². The lowest BCUT2D eigenvalue weighted by atomic mass is 10.4. The molecule has 1 aliphatic rings.